The molecule has 4 heteroatoms. The number of carbonyl (C=O) groups excluding carboxylic acids is 1. The minimum absolute atomic E-state index is 0.00384. The van der Waals surface area contributed by atoms with Gasteiger partial charge in [-0.1, -0.05) is 18.2 Å². The lowest BCUT2D eigenvalue weighted by molar-refractivity contribution is -0.142. The lowest BCUT2D eigenvalue weighted by Crippen LogP contribution is -2.40. The number of fused-ring (bicyclic) bond motifs is 3. The second kappa shape index (κ2) is 3.93. The Morgan fingerprint density at radius 2 is 2.16 bits per heavy atom. The van der Waals surface area contributed by atoms with Gasteiger partial charge in [0.15, 0.2) is 0 Å². The molecule has 1 heterocycles. The van der Waals surface area contributed by atoms with Crippen LogP contribution >= 0.6 is 0 Å². The van der Waals surface area contributed by atoms with Gasteiger partial charge in [-0.05, 0) is 20.3 Å². The van der Waals surface area contributed by atoms with Crippen molar-refractivity contribution in [3.8, 4) is 0 Å². The third-order valence-corrected chi connectivity index (χ3v) is 5.10. The summed E-state index contributed by atoms with van der Waals surface area (Å²) in [6.07, 6.45) is 1.97. The first-order valence-corrected chi connectivity index (χ1v) is 6.80. The molecule has 4 nitrogen and oxygen atoms in total. The number of ether oxygens (including phenoxy) is 1. The van der Waals surface area contributed by atoms with E-state index in [1.165, 1.54) is 0 Å². The van der Waals surface area contributed by atoms with E-state index in [-0.39, 0.29) is 24.4 Å². The standard InChI is InChI=1S/C15H20O4/c1-7-4-5-9-11(7)13-12(8(2)14(17)19-13)10(16)6-15(9,3)18/h4,9-13,16,18H,2,5-6H2,1,3H3/t9-,10+,11+,12-,13-,15-/m1/s1. The molecule has 2 fully saturated rings. The molecule has 2 N–H and O–H groups in total. The Kier molecular flexibility index (Phi) is 2.67. The Morgan fingerprint density at radius 3 is 2.84 bits per heavy atom. The second-order valence-electron chi connectivity index (χ2n) is 6.37. The van der Waals surface area contributed by atoms with Crippen molar-refractivity contribution in [2.75, 3.05) is 0 Å². The molecule has 0 aromatic heterocycles. The normalized spacial score (nSPS) is 49.3. The minimum atomic E-state index is -0.949. The molecule has 3 rings (SSSR count). The van der Waals surface area contributed by atoms with E-state index in [9.17, 15) is 15.0 Å². The van der Waals surface area contributed by atoms with Gasteiger partial charge >= 0.3 is 5.97 Å². The third-order valence-electron chi connectivity index (χ3n) is 5.10. The fraction of sp³-hybridized carbons (Fsp3) is 0.667. The van der Waals surface area contributed by atoms with Gasteiger partial charge in [-0.25, -0.2) is 4.79 Å². The van der Waals surface area contributed by atoms with Crippen LogP contribution in [0.1, 0.15) is 26.7 Å². The maximum Gasteiger partial charge on any atom is 0.334 e. The highest BCUT2D eigenvalue weighted by Crippen LogP contribution is 2.51. The average Bonchev–Trinajstić information content (AvgIpc) is 2.78. The van der Waals surface area contributed by atoms with E-state index in [0.717, 1.165) is 12.0 Å². The van der Waals surface area contributed by atoms with E-state index < -0.39 is 23.6 Å². The largest absolute Gasteiger partial charge is 0.458 e. The molecular formula is C15H20O4. The predicted octanol–water partition coefficient (Wildman–Crippen LogP) is 1.18. The van der Waals surface area contributed by atoms with Gasteiger partial charge in [0.1, 0.15) is 6.10 Å². The Labute approximate surface area is 112 Å². The van der Waals surface area contributed by atoms with E-state index in [1.807, 2.05) is 6.92 Å². The molecule has 6 atom stereocenters. The number of carbonyl (C=O) groups is 1. The molecule has 104 valence electrons. The summed E-state index contributed by atoms with van der Waals surface area (Å²) in [5.41, 5.74) is 0.528. The molecule has 0 amide bonds. The summed E-state index contributed by atoms with van der Waals surface area (Å²) in [7, 11) is 0. The van der Waals surface area contributed by atoms with Gasteiger partial charge in [0.25, 0.3) is 0 Å². The van der Waals surface area contributed by atoms with E-state index >= 15 is 0 Å². The van der Waals surface area contributed by atoms with Crippen LogP contribution in [0.25, 0.3) is 0 Å². The summed E-state index contributed by atoms with van der Waals surface area (Å²) >= 11 is 0. The number of hydrogen-bond acceptors (Lipinski definition) is 4. The summed E-state index contributed by atoms with van der Waals surface area (Å²) in [6.45, 7) is 7.54. The molecule has 2 aliphatic carbocycles. The van der Waals surface area contributed by atoms with Gasteiger partial charge in [0.2, 0.25) is 0 Å². The van der Waals surface area contributed by atoms with Crippen molar-refractivity contribution in [3.05, 3.63) is 23.8 Å². The van der Waals surface area contributed by atoms with Crippen LogP contribution in [-0.2, 0) is 9.53 Å². The highest BCUT2D eigenvalue weighted by atomic mass is 16.6. The van der Waals surface area contributed by atoms with Crippen LogP contribution in [0, 0.1) is 17.8 Å². The monoisotopic (exact) mass is 264 g/mol. The molecule has 1 aliphatic heterocycles. The van der Waals surface area contributed by atoms with Crippen LogP contribution in [0.15, 0.2) is 23.8 Å². The first-order valence-electron chi connectivity index (χ1n) is 6.80. The Balaban J connectivity index is 2.06. The smallest absolute Gasteiger partial charge is 0.334 e. The highest BCUT2D eigenvalue weighted by molar-refractivity contribution is 5.91. The van der Waals surface area contributed by atoms with Crippen molar-refractivity contribution in [2.45, 2.75) is 44.5 Å². The van der Waals surface area contributed by atoms with Gasteiger partial charge < -0.3 is 14.9 Å². The van der Waals surface area contributed by atoms with Gasteiger partial charge in [-0.3, -0.25) is 0 Å². The number of rotatable bonds is 0. The molecule has 19 heavy (non-hydrogen) atoms. The van der Waals surface area contributed by atoms with Crippen molar-refractivity contribution in [1.29, 1.82) is 0 Å². The Hall–Kier alpha value is -1.13. The SMILES string of the molecule is C=C1C(=O)O[C@@H]2[C@H]3C(C)=CC[C@H]3[C@](C)(O)C[C@H](O)[C@@H]12. The van der Waals surface area contributed by atoms with Crippen molar-refractivity contribution in [1.82, 2.24) is 0 Å². The first kappa shape index (κ1) is 12.9. The zero-order valence-electron chi connectivity index (χ0n) is 11.3. The van der Waals surface area contributed by atoms with Crippen LogP contribution in [0.3, 0.4) is 0 Å². The van der Waals surface area contributed by atoms with E-state index in [1.54, 1.807) is 6.92 Å². The fourth-order valence-corrected chi connectivity index (χ4v) is 4.10. The van der Waals surface area contributed by atoms with Crippen molar-refractivity contribution < 1.29 is 19.7 Å². The molecule has 0 bridgehead atoms. The summed E-state index contributed by atoms with van der Waals surface area (Å²) in [6, 6.07) is 0. The lowest BCUT2D eigenvalue weighted by atomic mass is 9.76. The molecule has 0 aromatic carbocycles. The van der Waals surface area contributed by atoms with Crippen LogP contribution in [0.2, 0.25) is 0 Å². The number of aliphatic hydroxyl groups is 2. The van der Waals surface area contributed by atoms with Crippen molar-refractivity contribution in [3.63, 3.8) is 0 Å². The first-order chi connectivity index (χ1) is 8.83. The maximum absolute atomic E-state index is 11.7. The summed E-state index contributed by atoms with van der Waals surface area (Å²) in [4.78, 5) is 11.7. The minimum Gasteiger partial charge on any atom is -0.458 e. The number of allylic oxidation sites excluding steroid dienone is 1. The zero-order chi connectivity index (χ0) is 13.9. The molecule has 0 spiro atoms. The van der Waals surface area contributed by atoms with Crippen molar-refractivity contribution in [2.24, 2.45) is 17.8 Å². The number of hydrogen-bond donors (Lipinski definition) is 2. The summed E-state index contributed by atoms with van der Waals surface area (Å²) < 4.78 is 5.46. The third kappa shape index (κ3) is 1.70. The molecule has 0 aromatic rings. The molecule has 3 aliphatic rings. The molecule has 0 unspecified atom stereocenters. The fourth-order valence-electron chi connectivity index (χ4n) is 4.10. The number of aliphatic hydroxyl groups excluding tert-OH is 1. The van der Waals surface area contributed by atoms with E-state index in [2.05, 4.69) is 12.7 Å². The maximum atomic E-state index is 11.7. The lowest BCUT2D eigenvalue weighted by Gasteiger charge is -2.34. The Bertz CT molecular complexity index is 477. The summed E-state index contributed by atoms with van der Waals surface area (Å²) in [5.74, 6) is -0.819. The van der Waals surface area contributed by atoms with E-state index in [0.29, 0.717) is 5.57 Å². The molecule has 1 saturated heterocycles. The van der Waals surface area contributed by atoms with E-state index in [4.69, 9.17) is 4.74 Å². The summed E-state index contributed by atoms with van der Waals surface area (Å²) in [5, 5.41) is 21.0. The molecule has 0 radical (unpaired) electrons. The van der Waals surface area contributed by atoms with Crippen LogP contribution < -0.4 is 0 Å². The van der Waals surface area contributed by atoms with Gasteiger partial charge in [-0.15, -0.1) is 0 Å². The second-order valence-corrected chi connectivity index (χ2v) is 6.37. The van der Waals surface area contributed by atoms with Crippen LogP contribution in [0.5, 0.6) is 0 Å². The van der Waals surface area contributed by atoms with Gasteiger partial charge in [0.05, 0.1) is 17.6 Å². The molecular weight excluding hydrogens is 244 g/mol. The van der Waals surface area contributed by atoms with Crippen molar-refractivity contribution >= 4 is 5.97 Å². The topological polar surface area (TPSA) is 66.8 Å². The van der Waals surface area contributed by atoms with Gasteiger partial charge in [-0.2, -0.15) is 0 Å². The number of esters is 1. The quantitative estimate of drug-likeness (QED) is 0.392. The average molecular weight is 264 g/mol. The van der Waals surface area contributed by atoms with Gasteiger partial charge in [0, 0.05) is 23.8 Å². The van der Waals surface area contributed by atoms with Crippen LogP contribution in [-0.4, -0.2) is 34.0 Å². The zero-order valence-corrected chi connectivity index (χ0v) is 11.3. The highest BCUT2D eigenvalue weighted by Gasteiger charge is 2.57. The van der Waals surface area contributed by atoms with Crippen LogP contribution in [0.4, 0.5) is 0 Å². The predicted molar refractivity (Wildman–Crippen MR) is 69.1 cm³/mol. The Morgan fingerprint density at radius 1 is 1.47 bits per heavy atom. The molecule has 1 saturated carbocycles.